The van der Waals surface area contributed by atoms with Gasteiger partial charge >= 0.3 is 5.97 Å². The maximum atomic E-state index is 12.2. The van der Waals surface area contributed by atoms with Crippen LogP contribution in [0.4, 0.5) is 0 Å². The molecule has 2 aromatic rings. The van der Waals surface area contributed by atoms with E-state index in [1.807, 2.05) is 13.8 Å². The van der Waals surface area contributed by atoms with Crippen LogP contribution in [0.3, 0.4) is 0 Å². The van der Waals surface area contributed by atoms with E-state index in [2.05, 4.69) is 30.5 Å². The molecule has 9 nitrogen and oxygen atoms in total. The minimum atomic E-state index is -1.01. The molecule has 3 N–H and O–H groups in total. The maximum absolute atomic E-state index is 12.2. The van der Waals surface area contributed by atoms with Crippen molar-refractivity contribution in [3.8, 4) is 0 Å². The first-order valence-electron chi connectivity index (χ1n) is 7.13. The highest BCUT2D eigenvalue weighted by molar-refractivity contribution is 5.92. The summed E-state index contributed by atoms with van der Waals surface area (Å²) in [6.07, 6.45) is 1.29. The largest absolute Gasteiger partial charge is 0.481 e. The van der Waals surface area contributed by atoms with Gasteiger partial charge in [0.1, 0.15) is 23.8 Å². The average Bonchev–Trinajstić information content (AvgIpc) is 2.95. The third-order valence-electron chi connectivity index (χ3n) is 3.03. The van der Waals surface area contributed by atoms with Gasteiger partial charge in [-0.2, -0.15) is 5.10 Å². The Bertz CT molecular complexity index is 712. The van der Waals surface area contributed by atoms with Crippen LogP contribution in [0, 0.1) is 0 Å². The minimum Gasteiger partial charge on any atom is -0.481 e. The summed E-state index contributed by atoms with van der Waals surface area (Å²) in [5, 5.41) is 17.9. The fraction of sp³-hybridized carbons (Fsp3) is 0.429. The summed E-state index contributed by atoms with van der Waals surface area (Å²) in [6.45, 7) is 5.59. The number of carbonyl (C=O) groups is 2. The van der Waals surface area contributed by atoms with Crippen LogP contribution in [0.5, 0.6) is 0 Å². The Balaban J connectivity index is 2.06. The summed E-state index contributed by atoms with van der Waals surface area (Å²) in [4.78, 5) is 35.2. The second kappa shape index (κ2) is 6.95. The number of nitrogens with one attached hydrogen (secondary N) is 2. The topological polar surface area (TPSA) is 134 Å². The van der Waals surface area contributed by atoms with Crippen LogP contribution >= 0.6 is 0 Å². The van der Waals surface area contributed by atoms with Gasteiger partial charge in [-0.25, -0.2) is 15.0 Å². The number of carboxylic acid groups (broad SMARTS) is 1. The summed E-state index contributed by atoms with van der Waals surface area (Å²) >= 11 is 0. The van der Waals surface area contributed by atoms with Crippen LogP contribution in [0.2, 0.25) is 0 Å². The van der Waals surface area contributed by atoms with Crippen molar-refractivity contribution in [2.75, 3.05) is 0 Å². The third-order valence-corrected chi connectivity index (χ3v) is 3.03. The number of aromatic nitrogens is 5. The van der Waals surface area contributed by atoms with Gasteiger partial charge in [-0.3, -0.25) is 14.7 Å². The highest BCUT2D eigenvalue weighted by atomic mass is 16.4. The SMILES string of the molecule is CC(C)c1nccc(C(=O)N[C@@H](C)c2n[nH]c(CC(=O)O)n2)n1. The Labute approximate surface area is 132 Å². The van der Waals surface area contributed by atoms with Crippen LogP contribution in [-0.2, 0) is 11.2 Å². The highest BCUT2D eigenvalue weighted by Gasteiger charge is 2.18. The van der Waals surface area contributed by atoms with Gasteiger partial charge in [-0.1, -0.05) is 13.8 Å². The molecule has 1 amide bonds. The summed E-state index contributed by atoms with van der Waals surface area (Å²) in [7, 11) is 0. The van der Waals surface area contributed by atoms with Crippen LogP contribution in [0.25, 0.3) is 0 Å². The number of nitrogens with zero attached hydrogens (tertiary/aromatic N) is 4. The van der Waals surface area contributed by atoms with E-state index in [0.29, 0.717) is 11.6 Å². The molecule has 2 rings (SSSR count). The normalized spacial score (nSPS) is 12.2. The van der Waals surface area contributed by atoms with E-state index in [9.17, 15) is 9.59 Å². The zero-order chi connectivity index (χ0) is 17.0. The molecule has 23 heavy (non-hydrogen) atoms. The third kappa shape index (κ3) is 4.31. The number of hydrogen-bond acceptors (Lipinski definition) is 6. The van der Waals surface area contributed by atoms with Gasteiger partial charge in [-0.05, 0) is 13.0 Å². The molecular formula is C14H18N6O3. The van der Waals surface area contributed by atoms with Crippen molar-refractivity contribution in [1.82, 2.24) is 30.5 Å². The van der Waals surface area contributed by atoms with E-state index >= 15 is 0 Å². The molecule has 0 spiro atoms. The molecule has 9 heteroatoms. The molecule has 0 unspecified atom stereocenters. The van der Waals surface area contributed by atoms with E-state index in [4.69, 9.17) is 5.11 Å². The molecular weight excluding hydrogens is 300 g/mol. The Morgan fingerprint density at radius 3 is 2.65 bits per heavy atom. The van der Waals surface area contributed by atoms with E-state index in [-0.39, 0.29) is 29.8 Å². The predicted molar refractivity (Wildman–Crippen MR) is 79.7 cm³/mol. The summed E-state index contributed by atoms with van der Waals surface area (Å²) in [5.41, 5.74) is 0.261. The molecule has 122 valence electrons. The number of carbonyl (C=O) groups excluding carboxylic acids is 1. The Hall–Kier alpha value is -2.84. The molecule has 0 aliphatic heterocycles. The molecule has 0 aliphatic carbocycles. The van der Waals surface area contributed by atoms with E-state index in [1.165, 1.54) is 6.07 Å². The van der Waals surface area contributed by atoms with Crippen molar-refractivity contribution in [3.63, 3.8) is 0 Å². The molecule has 0 aliphatic rings. The van der Waals surface area contributed by atoms with Gasteiger partial charge in [0, 0.05) is 12.1 Å². The quantitative estimate of drug-likeness (QED) is 0.718. The molecule has 0 bridgehead atoms. The first kappa shape index (κ1) is 16.5. The minimum absolute atomic E-state index is 0.117. The van der Waals surface area contributed by atoms with E-state index in [1.54, 1.807) is 13.1 Å². The highest BCUT2D eigenvalue weighted by Crippen LogP contribution is 2.10. The standard InChI is InChI=1S/C14H18N6O3/c1-7(2)12-15-5-4-9(17-12)14(23)16-8(3)13-18-10(19-20-13)6-11(21)22/h4-5,7-8H,6H2,1-3H3,(H,16,23)(H,21,22)(H,18,19,20)/t8-/m0/s1. The van der Waals surface area contributed by atoms with Gasteiger partial charge in [0.25, 0.3) is 5.91 Å². The zero-order valence-electron chi connectivity index (χ0n) is 13.1. The van der Waals surface area contributed by atoms with Gasteiger partial charge in [0.15, 0.2) is 5.82 Å². The van der Waals surface area contributed by atoms with Crippen LogP contribution < -0.4 is 5.32 Å². The van der Waals surface area contributed by atoms with E-state index < -0.39 is 12.0 Å². The zero-order valence-corrected chi connectivity index (χ0v) is 13.1. The lowest BCUT2D eigenvalue weighted by molar-refractivity contribution is -0.136. The second-order valence-corrected chi connectivity index (χ2v) is 5.36. The van der Waals surface area contributed by atoms with Crippen molar-refractivity contribution >= 4 is 11.9 Å². The lowest BCUT2D eigenvalue weighted by Crippen LogP contribution is -2.28. The van der Waals surface area contributed by atoms with E-state index in [0.717, 1.165) is 0 Å². The Kier molecular flexibility index (Phi) is 4.99. The lowest BCUT2D eigenvalue weighted by Gasteiger charge is -2.11. The molecule has 0 aromatic carbocycles. The van der Waals surface area contributed by atoms with Crippen LogP contribution in [0.15, 0.2) is 12.3 Å². The summed E-state index contributed by atoms with van der Waals surface area (Å²) < 4.78 is 0. The molecule has 2 aromatic heterocycles. The number of amides is 1. The van der Waals surface area contributed by atoms with Crippen LogP contribution in [-0.4, -0.2) is 42.1 Å². The average molecular weight is 318 g/mol. The van der Waals surface area contributed by atoms with Gasteiger partial charge in [0.05, 0.1) is 6.04 Å². The Morgan fingerprint density at radius 1 is 1.26 bits per heavy atom. The van der Waals surface area contributed by atoms with Crippen molar-refractivity contribution in [1.29, 1.82) is 0 Å². The predicted octanol–water partition coefficient (Wildman–Crippen LogP) is 0.836. The van der Waals surface area contributed by atoms with Crippen LogP contribution in [0.1, 0.15) is 60.7 Å². The van der Waals surface area contributed by atoms with Crippen molar-refractivity contribution in [2.45, 2.75) is 39.2 Å². The Morgan fingerprint density at radius 2 is 2.00 bits per heavy atom. The monoisotopic (exact) mass is 318 g/mol. The molecule has 2 heterocycles. The van der Waals surface area contributed by atoms with Crippen molar-refractivity contribution < 1.29 is 14.7 Å². The number of H-pyrrole nitrogens is 1. The molecule has 0 saturated heterocycles. The molecule has 0 fully saturated rings. The van der Waals surface area contributed by atoms with Gasteiger partial charge in [-0.15, -0.1) is 0 Å². The molecule has 1 atom stereocenters. The lowest BCUT2D eigenvalue weighted by atomic mass is 10.2. The fourth-order valence-electron chi connectivity index (χ4n) is 1.84. The first-order chi connectivity index (χ1) is 10.9. The molecule has 0 saturated carbocycles. The van der Waals surface area contributed by atoms with Crippen molar-refractivity contribution in [3.05, 3.63) is 35.4 Å². The van der Waals surface area contributed by atoms with Gasteiger partial charge in [0.2, 0.25) is 0 Å². The number of carboxylic acids is 1. The second-order valence-electron chi connectivity index (χ2n) is 5.36. The summed E-state index contributed by atoms with van der Waals surface area (Å²) in [6, 6.07) is 1.04. The van der Waals surface area contributed by atoms with Crippen molar-refractivity contribution in [2.24, 2.45) is 0 Å². The fourth-order valence-corrected chi connectivity index (χ4v) is 1.84. The maximum Gasteiger partial charge on any atom is 0.311 e. The number of rotatable bonds is 6. The smallest absolute Gasteiger partial charge is 0.311 e. The number of aromatic amines is 1. The summed E-state index contributed by atoms with van der Waals surface area (Å²) in [5.74, 6) is -0.123. The number of aliphatic carboxylic acids is 1. The molecule has 0 radical (unpaired) electrons. The van der Waals surface area contributed by atoms with Gasteiger partial charge < -0.3 is 10.4 Å². The number of hydrogen-bond donors (Lipinski definition) is 3. The first-order valence-corrected chi connectivity index (χ1v) is 7.13.